The molecule has 0 heterocycles. The molecule has 6 nitrogen and oxygen atoms in total. The van der Waals surface area contributed by atoms with Crippen LogP contribution in [0.15, 0.2) is 42.5 Å². The number of alkyl halides is 4. The van der Waals surface area contributed by atoms with Crippen LogP contribution in [0.1, 0.15) is 16.7 Å². The zero-order chi connectivity index (χ0) is 22.1. The van der Waals surface area contributed by atoms with Crippen LogP contribution in [-0.4, -0.2) is 32.3 Å². The van der Waals surface area contributed by atoms with Gasteiger partial charge in [0.25, 0.3) is 0 Å². The molecule has 0 aromatic heterocycles. The van der Waals surface area contributed by atoms with Crippen molar-refractivity contribution < 1.29 is 46.1 Å². The molecule has 0 aliphatic carbocycles. The van der Waals surface area contributed by atoms with Crippen molar-refractivity contribution in [1.29, 1.82) is 0 Å². The highest BCUT2D eigenvalue weighted by Gasteiger charge is 2.13. The molecule has 0 N–H and O–H groups in total. The second-order valence-electron chi connectivity index (χ2n) is 5.98. The summed E-state index contributed by atoms with van der Waals surface area (Å²) in [4.78, 5) is 23.5. The van der Waals surface area contributed by atoms with E-state index >= 15 is 0 Å². The average Bonchev–Trinajstić information content (AvgIpc) is 2.65. The SMILES string of the molecule is COC(=O)Cc1cc(COC(=O)Cc2cccc(OC(F)F)c2)cc(OC(F)F)c1. The summed E-state index contributed by atoms with van der Waals surface area (Å²) in [6, 6.07) is 9.56. The van der Waals surface area contributed by atoms with E-state index < -0.39 is 25.2 Å². The second-order valence-corrected chi connectivity index (χ2v) is 5.98. The molecule has 10 heteroatoms. The summed E-state index contributed by atoms with van der Waals surface area (Å²) < 4.78 is 67.9. The van der Waals surface area contributed by atoms with Gasteiger partial charge in [-0.3, -0.25) is 9.59 Å². The lowest BCUT2D eigenvalue weighted by Gasteiger charge is -2.11. The van der Waals surface area contributed by atoms with Crippen LogP contribution in [0.3, 0.4) is 0 Å². The number of benzene rings is 2. The molecule has 0 spiro atoms. The molecule has 0 saturated carbocycles. The molecule has 2 aromatic rings. The Hall–Kier alpha value is -3.30. The number of carbonyl (C=O) groups excluding carboxylic acids is 2. The molecule has 0 bridgehead atoms. The Bertz CT molecular complexity index is 872. The van der Waals surface area contributed by atoms with Crippen LogP contribution in [0, 0.1) is 0 Å². The van der Waals surface area contributed by atoms with Crippen LogP contribution in [-0.2, 0) is 38.5 Å². The molecule has 0 fully saturated rings. The highest BCUT2D eigenvalue weighted by atomic mass is 19.3. The number of halogens is 4. The normalized spacial score (nSPS) is 10.8. The predicted octanol–water partition coefficient (Wildman–Crippen LogP) is 3.89. The average molecular weight is 430 g/mol. The number of esters is 2. The number of hydrogen-bond donors (Lipinski definition) is 0. The Balaban J connectivity index is 2.03. The van der Waals surface area contributed by atoms with E-state index in [1.165, 1.54) is 49.6 Å². The van der Waals surface area contributed by atoms with E-state index in [4.69, 9.17) is 4.74 Å². The first-order chi connectivity index (χ1) is 14.2. The van der Waals surface area contributed by atoms with E-state index in [9.17, 15) is 27.2 Å². The summed E-state index contributed by atoms with van der Waals surface area (Å²) in [5.74, 6) is -1.56. The lowest BCUT2D eigenvalue weighted by atomic mass is 10.1. The Morgan fingerprint density at radius 2 is 1.40 bits per heavy atom. The van der Waals surface area contributed by atoms with Gasteiger partial charge in [0.1, 0.15) is 18.1 Å². The van der Waals surface area contributed by atoms with Crippen LogP contribution < -0.4 is 9.47 Å². The molecule has 30 heavy (non-hydrogen) atoms. The highest BCUT2D eigenvalue weighted by Crippen LogP contribution is 2.21. The summed E-state index contributed by atoms with van der Waals surface area (Å²) in [5, 5.41) is 0. The molecule has 0 aliphatic heterocycles. The van der Waals surface area contributed by atoms with Gasteiger partial charge in [-0.25, -0.2) is 0 Å². The van der Waals surface area contributed by atoms with Gasteiger partial charge in [0.15, 0.2) is 0 Å². The summed E-state index contributed by atoms with van der Waals surface area (Å²) in [6.45, 7) is -6.34. The van der Waals surface area contributed by atoms with E-state index in [0.29, 0.717) is 16.7 Å². The molecular weight excluding hydrogens is 412 g/mol. The first-order valence-electron chi connectivity index (χ1n) is 8.59. The van der Waals surface area contributed by atoms with Crippen LogP contribution in [0.4, 0.5) is 17.6 Å². The number of ether oxygens (including phenoxy) is 4. The molecule has 0 atom stereocenters. The standard InChI is InChI=1S/C20H18F4O6/c1-27-17(25)10-13-5-14(8-16(7-13)30-20(23)24)11-28-18(26)9-12-3-2-4-15(6-12)29-19(21)22/h2-8,19-20H,9-11H2,1H3. The number of methoxy groups -OCH3 is 1. The van der Waals surface area contributed by atoms with Gasteiger partial charge in [-0.05, 0) is 41.0 Å². The van der Waals surface area contributed by atoms with Gasteiger partial charge >= 0.3 is 25.2 Å². The van der Waals surface area contributed by atoms with Gasteiger partial charge < -0.3 is 18.9 Å². The number of carbonyl (C=O) groups is 2. The van der Waals surface area contributed by atoms with Crippen LogP contribution in [0.2, 0.25) is 0 Å². The van der Waals surface area contributed by atoms with Gasteiger partial charge in [-0.1, -0.05) is 18.2 Å². The van der Waals surface area contributed by atoms with Crippen LogP contribution >= 0.6 is 0 Å². The molecule has 2 aromatic carbocycles. The highest BCUT2D eigenvalue weighted by molar-refractivity contribution is 5.73. The van der Waals surface area contributed by atoms with E-state index in [-0.39, 0.29) is 30.9 Å². The maximum absolute atomic E-state index is 12.5. The monoisotopic (exact) mass is 430 g/mol. The first-order valence-corrected chi connectivity index (χ1v) is 8.59. The van der Waals surface area contributed by atoms with Gasteiger partial charge in [0.2, 0.25) is 0 Å². The summed E-state index contributed by atoms with van der Waals surface area (Å²) in [7, 11) is 1.19. The Labute approximate surface area is 169 Å². The maximum atomic E-state index is 12.5. The third kappa shape index (κ3) is 7.98. The van der Waals surface area contributed by atoms with E-state index in [2.05, 4.69) is 14.2 Å². The van der Waals surface area contributed by atoms with E-state index in [0.717, 1.165) is 0 Å². The zero-order valence-electron chi connectivity index (χ0n) is 15.8. The van der Waals surface area contributed by atoms with Gasteiger partial charge in [-0.15, -0.1) is 0 Å². The Kier molecular flexibility index (Phi) is 8.45. The van der Waals surface area contributed by atoms with Crippen molar-refractivity contribution in [2.45, 2.75) is 32.7 Å². The molecule has 162 valence electrons. The quantitative estimate of drug-likeness (QED) is 0.421. The van der Waals surface area contributed by atoms with Crippen molar-refractivity contribution in [3.05, 3.63) is 59.2 Å². The number of rotatable bonds is 10. The number of hydrogen-bond acceptors (Lipinski definition) is 6. The minimum atomic E-state index is -3.07. The van der Waals surface area contributed by atoms with Crippen molar-refractivity contribution in [3.8, 4) is 11.5 Å². The molecule has 0 saturated heterocycles. The molecule has 0 radical (unpaired) electrons. The van der Waals surface area contributed by atoms with Crippen LogP contribution in [0.5, 0.6) is 11.5 Å². The van der Waals surface area contributed by atoms with Crippen molar-refractivity contribution in [2.24, 2.45) is 0 Å². The Morgan fingerprint density at radius 1 is 0.800 bits per heavy atom. The lowest BCUT2D eigenvalue weighted by Crippen LogP contribution is -2.10. The third-order valence-electron chi connectivity index (χ3n) is 3.70. The van der Waals surface area contributed by atoms with Crippen LogP contribution in [0.25, 0.3) is 0 Å². The van der Waals surface area contributed by atoms with Crippen molar-refractivity contribution in [2.75, 3.05) is 7.11 Å². The van der Waals surface area contributed by atoms with Gasteiger partial charge in [-0.2, -0.15) is 17.6 Å². The molecular formula is C20H18F4O6. The minimum Gasteiger partial charge on any atom is -0.469 e. The van der Waals surface area contributed by atoms with Gasteiger partial charge in [0, 0.05) is 0 Å². The molecule has 0 amide bonds. The minimum absolute atomic E-state index is 0.0976. The smallest absolute Gasteiger partial charge is 0.387 e. The fourth-order valence-corrected chi connectivity index (χ4v) is 2.54. The molecule has 2 rings (SSSR count). The molecule has 0 aliphatic rings. The summed E-state index contributed by atoms with van der Waals surface area (Å²) >= 11 is 0. The van der Waals surface area contributed by atoms with E-state index in [1.807, 2.05) is 0 Å². The third-order valence-corrected chi connectivity index (χ3v) is 3.70. The first kappa shape index (κ1) is 23.0. The molecule has 0 unspecified atom stereocenters. The van der Waals surface area contributed by atoms with Crippen molar-refractivity contribution in [3.63, 3.8) is 0 Å². The van der Waals surface area contributed by atoms with Crippen molar-refractivity contribution in [1.82, 2.24) is 0 Å². The second kappa shape index (κ2) is 11.0. The topological polar surface area (TPSA) is 71.1 Å². The van der Waals surface area contributed by atoms with Gasteiger partial charge in [0.05, 0.1) is 20.0 Å². The largest absolute Gasteiger partial charge is 0.469 e. The predicted molar refractivity (Wildman–Crippen MR) is 95.4 cm³/mol. The lowest BCUT2D eigenvalue weighted by molar-refractivity contribution is -0.144. The maximum Gasteiger partial charge on any atom is 0.387 e. The summed E-state index contributed by atoms with van der Waals surface area (Å²) in [5.41, 5.74) is 1.04. The Morgan fingerprint density at radius 3 is 2.07 bits per heavy atom. The summed E-state index contributed by atoms with van der Waals surface area (Å²) in [6.07, 6.45) is -0.405. The van der Waals surface area contributed by atoms with Crippen molar-refractivity contribution >= 4 is 11.9 Å². The van der Waals surface area contributed by atoms with E-state index in [1.54, 1.807) is 0 Å². The zero-order valence-corrected chi connectivity index (χ0v) is 15.8. The fraction of sp³-hybridized carbons (Fsp3) is 0.300. The fourth-order valence-electron chi connectivity index (χ4n) is 2.54.